The van der Waals surface area contributed by atoms with E-state index >= 15 is 0 Å². The molecule has 9 heteroatoms. The van der Waals surface area contributed by atoms with Crippen LogP contribution < -0.4 is 5.32 Å². The summed E-state index contributed by atoms with van der Waals surface area (Å²) in [6.45, 7) is 1.10. The number of amides is 1. The van der Waals surface area contributed by atoms with Crippen molar-refractivity contribution >= 4 is 5.91 Å². The molecule has 1 N–H and O–H groups in total. The lowest BCUT2D eigenvalue weighted by molar-refractivity contribution is -0.269. The number of hydrogen-bond acceptors (Lipinski definition) is 3. The van der Waals surface area contributed by atoms with E-state index < -0.39 is 24.6 Å². The molecule has 1 aromatic rings. The van der Waals surface area contributed by atoms with E-state index in [1.54, 1.807) is 6.92 Å². The topological polar surface area (TPSA) is 55.1 Å². The van der Waals surface area contributed by atoms with Crippen LogP contribution in [0.25, 0.3) is 0 Å². The molecule has 0 spiro atoms. The SMILES string of the molecule is CCc1cnc(CNC(=O)C(F)(F)C(F)(F)F)o1. The second-order valence-electron chi connectivity index (χ2n) is 3.33. The van der Waals surface area contributed by atoms with Gasteiger partial charge in [0.1, 0.15) is 5.76 Å². The molecule has 1 amide bonds. The van der Waals surface area contributed by atoms with Gasteiger partial charge < -0.3 is 9.73 Å². The third-order valence-electron chi connectivity index (χ3n) is 1.99. The van der Waals surface area contributed by atoms with Crippen molar-refractivity contribution in [2.75, 3.05) is 0 Å². The summed E-state index contributed by atoms with van der Waals surface area (Å²) >= 11 is 0. The minimum Gasteiger partial charge on any atom is -0.444 e. The standard InChI is InChI=1S/C9H9F5N2O2/c1-2-5-3-15-6(18-5)4-16-7(17)8(10,11)9(12,13)14/h3H,2,4H2,1H3,(H,16,17). The summed E-state index contributed by atoms with van der Waals surface area (Å²) in [6, 6.07) is 0. The largest absolute Gasteiger partial charge is 0.463 e. The van der Waals surface area contributed by atoms with Gasteiger partial charge in [-0.3, -0.25) is 4.79 Å². The van der Waals surface area contributed by atoms with Gasteiger partial charge >= 0.3 is 18.0 Å². The van der Waals surface area contributed by atoms with Crippen molar-refractivity contribution < 1.29 is 31.2 Å². The van der Waals surface area contributed by atoms with Crippen LogP contribution in [-0.2, 0) is 17.8 Å². The minimum atomic E-state index is -5.93. The zero-order valence-electron chi connectivity index (χ0n) is 9.15. The van der Waals surface area contributed by atoms with Gasteiger partial charge in [-0.05, 0) is 0 Å². The van der Waals surface area contributed by atoms with Gasteiger partial charge in [0.25, 0.3) is 0 Å². The van der Waals surface area contributed by atoms with Crippen molar-refractivity contribution in [3.05, 3.63) is 17.8 Å². The highest BCUT2D eigenvalue weighted by Gasteiger charge is 2.63. The molecule has 1 heterocycles. The van der Waals surface area contributed by atoms with Gasteiger partial charge in [0.2, 0.25) is 5.89 Å². The van der Waals surface area contributed by atoms with Gasteiger partial charge in [0.15, 0.2) is 0 Å². The van der Waals surface area contributed by atoms with Gasteiger partial charge in [-0.25, -0.2) is 4.98 Å². The molecular weight excluding hydrogens is 263 g/mol. The number of aromatic nitrogens is 1. The highest BCUT2D eigenvalue weighted by molar-refractivity contribution is 5.84. The highest BCUT2D eigenvalue weighted by atomic mass is 19.4. The maximum atomic E-state index is 12.5. The average molecular weight is 272 g/mol. The van der Waals surface area contributed by atoms with Crippen LogP contribution >= 0.6 is 0 Å². The number of alkyl halides is 5. The van der Waals surface area contributed by atoms with Gasteiger partial charge in [0, 0.05) is 6.42 Å². The summed E-state index contributed by atoms with van der Waals surface area (Å²) in [4.78, 5) is 14.3. The number of carbonyl (C=O) groups excluding carboxylic acids is 1. The van der Waals surface area contributed by atoms with E-state index in [4.69, 9.17) is 4.42 Å². The van der Waals surface area contributed by atoms with Crippen LogP contribution in [0.5, 0.6) is 0 Å². The quantitative estimate of drug-likeness (QED) is 0.853. The number of hydrogen-bond donors (Lipinski definition) is 1. The number of halogens is 5. The minimum absolute atomic E-state index is 0.141. The lowest BCUT2D eigenvalue weighted by Crippen LogP contribution is -2.50. The zero-order chi connectivity index (χ0) is 14.0. The van der Waals surface area contributed by atoms with Gasteiger partial charge in [0.05, 0.1) is 12.7 Å². The first-order valence-electron chi connectivity index (χ1n) is 4.85. The second kappa shape index (κ2) is 4.91. The van der Waals surface area contributed by atoms with Crippen LogP contribution in [0.4, 0.5) is 22.0 Å². The van der Waals surface area contributed by atoms with Crippen molar-refractivity contribution in [2.24, 2.45) is 0 Å². The monoisotopic (exact) mass is 272 g/mol. The number of nitrogens with zero attached hydrogens (tertiary/aromatic N) is 1. The fraction of sp³-hybridized carbons (Fsp3) is 0.556. The molecule has 1 aromatic heterocycles. The van der Waals surface area contributed by atoms with E-state index in [-0.39, 0.29) is 5.89 Å². The first kappa shape index (κ1) is 14.4. The zero-order valence-corrected chi connectivity index (χ0v) is 9.15. The van der Waals surface area contributed by atoms with Crippen LogP contribution in [0, 0.1) is 0 Å². The number of aryl methyl sites for hydroxylation is 1. The third kappa shape index (κ3) is 2.96. The molecule has 0 aliphatic rings. The average Bonchev–Trinajstić information content (AvgIpc) is 2.72. The number of carbonyl (C=O) groups is 1. The Morgan fingerprint density at radius 1 is 1.39 bits per heavy atom. The van der Waals surface area contributed by atoms with E-state index in [0.29, 0.717) is 12.2 Å². The Bertz CT molecular complexity index is 427. The van der Waals surface area contributed by atoms with Crippen molar-refractivity contribution in [1.82, 2.24) is 10.3 Å². The smallest absolute Gasteiger partial charge is 0.444 e. The fourth-order valence-corrected chi connectivity index (χ4v) is 0.989. The number of nitrogens with one attached hydrogen (secondary N) is 1. The summed E-state index contributed by atoms with van der Waals surface area (Å²) in [6.07, 6.45) is -4.15. The van der Waals surface area contributed by atoms with Gasteiger partial charge in [-0.2, -0.15) is 22.0 Å². The van der Waals surface area contributed by atoms with E-state index in [9.17, 15) is 26.7 Å². The Kier molecular flexibility index (Phi) is 3.92. The lowest BCUT2D eigenvalue weighted by atomic mass is 10.3. The Morgan fingerprint density at radius 3 is 2.44 bits per heavy atom. The predicted octanol–water partition coefficient (Wildman–Crippen LogP) is 2.05. The lowest BCUT2D eigenvalue weighted by Gasteiger charge is -2.17. The molecule has 0 aromatic carbocycles. The summed E-state index contributed by atoms with van der Waals surface area (Å²) in [5.41, 5.74) is 0. The maximum Gasteiger partial charge on any atom is 0.463 e. The van der Waals surface area contributed by atoms with E-state index in [1.807, 2.05) is 0 Å². The van der Waals surface area contributed by atoms with Crippen LogP contribution in [0.1, 0.15) is 18.6 Å². The molecule has 0 saturated carbocycles. The second-order valence-corrected chi connectivity index (χ2v) is 3.33. The molecule has 0 radical (unpaired) electrons. The predicted molar refractivity (Wildman–Crippen MR) is 48.7 cm³/mol. The molecule has 0 aliphatic heterocycles. The first-order chi connectivity index (χ1) is 8.18. The summed E-state index contributed by atoms with van der Waals surface area (Å²) in [5.74, 6) is -7.58. The molecule has 0 fully saturated rings. The van der Waals surface area contributed by atoms with E-state index in [0.717, 1.165) is 0 Å². The van der Waals surface area contributed by atoms with E-state index in [1.165, 1.54) is 11.5 Å². The summed E-state index contributed by atoms with van der Waals surface area (Å²) in [7, 11) is 0. The Morgan fingerprint density at radius 2 is 2.00 bits per heavy atom. The molecular formula is C9H9F5N2O2. The molecule has 102 valence electrons. The van der Waals surface area contributed by atoms with Crippen LogP contribution in [-0.4, -0.2) is 23.0 Å². The first-order valence-corrected chi connectivity index (χ1v) is 4.85. The van der Waals surface area contributed by atoms with Crippen molar-refractivity contribution in [1.29, 1.82) is 0 Å². The van der Waals surface area contributed by atoms with Crippen molar-refractivity contribution in [3.63, 3.8) is 0 Å². The molecule has 4 nitrogen and oxygen atoms in total. The normalized spacial score (nSPS) is 12.6. The van der Waals surface area contributed by atoms with Crippen LogP contribution in [0.3, 0.4) is 0 Å². The fourth-order valence-electron chi connectivity index (χ4n) is 0.989. The molecule has 0 unspecified atom stereocenters. The highest BCUT2D eigenvalue weighted by Crippen LogP contribution is 2.35. The molecule has 0 bridgehead atoms. The van der Waals surface area contributed by atoms with E-state index in [2.05, 4.69) is 4.98 Å². The van der Waals surface area contributed by atoms with Gasteiger partial charge in [-0.1, -0.05) is 6.92 Å². The number of rotatable bonds is 4. The summed E-state index contributed by atoms with van der Waals surface area (Å²) in [5, 5.41) is 1.42. The summed E-state index contributed by atoms with van der Waals surface area (Å²) < 4.78 is 65.4. The Hall–Kier alpha value is -1.67. The molecule has 0 saturated heterocycles. The molecule has 1 rings (SSSR count). The molecule has 0 aliphatic carbocycles. The number of oxazole rings is 1. The Balaban J connectivity index is 2.61. The Labute approximate surface area is 98.2 Å². The van der Waals surface area contributed by atoms with Crippen molar-refractivity contribution in [2.45, 2.75) is 32.0 Å². The molecule has 0 atom stereocenters. The van der Waals surface area contributed by atoms with Crippen LogP contribution in [0.2, 0.25) is 0 Å². The van der Waals surface area contributed by atoms with Crippen LogP contribution in [0.15, 0.2) is 10.6 Å². The van der Waals surface area contributed by atoms with Gasteiger partial charge in [-0.15, -0.1) is 0 Å². The maximum absolute atomic E-state index is 12.5. The molecule has 18 heavy (non-hydrogen) atoms. The third-order valence-corrected chi connectivity index (χ3v) is 1.99. The van der Waals surface area contributed by atoms with Crippen molar-refractivity contribution in [3.8, 4) is 0 Å².